The van der Waals surface area contributed by atoms with Crippen LogP contribution >= 0.6 is 0 Å². The number of aryl methyl sites for hydroxylation is 1. The summed E-state index contributed by atoms with van der Waals surface area (Å²) < 4.78 is 11.3. The van der Waals surface area contributed by atoms with Gasteiger partial charge in [-0.2, -0.15) is 0 Å². The van der Waals surface area contributed by atoms with Crippen LogP contribution in [0.2, 0.25) is 19.6 Å². The first-order valence-electron chi connectivity index (χ1n) is 7.61. The minimum absolute atomic E-state index is 0.892. The van der Waals surface area contributed by atoms with Gasteiger partial charge in [0.25, 0.3) is 0 Å². The van der Waals surface area contributed by atoms with Gasteiger partial charge in [-0.15, -0.1) is 0 Å². The van der Waals surface area contributed by atoms with Crippen LogP contribution in [0.5, 0.6) is 5.75 Å². The third-order valence-corrected chi connectivity index (χ3v) is 4.24. The molecule has 20 heavy (non-hydrogen) atoms. The van der Waals surface area contributed by atoms with Gasteiger partial charge in [-0.3, -0.25) is 4.90 Å². The number of ether oxygens (including phenoxy) is 1. The zero-order chi connectivity index (χ0) is 14.4. The van der Waals surface area contributed by atoms with E-state index < -0.39 is 8.32 Å². The van der Waals surface area contributed by atoms with Crippen molar-refractivity contribution in [1.82, 2.24) is 4.90 Å². The van der Waals surface area contributed by atoms with Crippen LogP contribution < -0.4 is 4.43 Å². The summed E-state index contributed by atoms with van der Waals surface area (Å²) in [5, 5.41) is 0. The summed E-state index contributed by atoms with van der Waals surface area (Å²) in [5.41, 5.74) is 1.40. The smallest absolute Gasteiger partial charge is 0.242 e. The van der Waals surface area contributed by atoms with Gasteiger partial charge in [0, 0.05) is 13.1 Å². The molecular weight excluding hydrogens is 266 g/mol. The van der Waals surface area contributed by atoms with Crippen molar-refractivity contribution in [2.75, 3.05) is 32.8 Å². The fourth-order valence-corrected chi connectivity index (χ4v) is 3.25. The average Bonchev–Trinajstić information content (AvgIpc) is 2.40. The van der Waals surface area contributed by atoms with Crippen LogP contribution in [0.4, 0.5) is 0 Å². The molecule has 0 unspecified atom stereocenters. The summed E-state index contributed by atoms with van der Waals surface area (Å²) in [6.45, 7) is 11.8. The Hall–Kier alpha value is -0.843. The van der Waals surface area contributed by atoms with E-state index >= 15 is 0 Å². The molecule has 1 saturated heterocycles. The Morgan fingerprint density at radius 1 is 1.10 bits per heavy atom. The third-order valence-electron chi connectivity index (χ3n) is 3.39. The van der Waals surface area contributed by atoms with Crippen LogP contribution in [-0.4, -0.2) is 46.1 Å². The molecule has 3 nitrogen and oxygen atoms in total. The second-order valence-electron chi connectivity index (χ2n) is 6.42. The van der Waals surface area contributed by atoms with Crippen LogP contribution in [0.1, 0.15) is 12.0 Å². The van der Waals surface area contributed by atoms with Gasteiger partial charge in [0.05, 0.1) is 13.2 Å². The molecule has 0 spiro atoms. The first-order chi connectivity index (χ1) is 9.53. The van der Waals surface area contributed by atoms with E-state index in [0.29, 0.717) is 0 Å². The molecular formula is C16H27NO2Si. The zero-order valence-electron chi connectivity index (χ0n) is 13.0. The van der Waals surface area contributed by atoms with Crippen LogP contribution in [0.3, 0.4) is 0 Å². The monoisotopic (exact) mass is 293 g/mol. The highest BCUT2D eigenvalue weighted by molar-refractivity contribution is 6.70. The third kappa shape index (κ3) is 5.65. The molecule has 1 aromatic carbocycles. The van der Waals surface area contributed by atoms with Gasteiger partial charge in [-0.1, -0.05) is 12.1 Å². The van der Waals surface area contributed by atoms with Gasteiger partial charge < -0.3 is 9.16 Å². The maximum atomic E-state index is 5.97. The molecule has 0 N–H and O–H groups in total. The summed E-state index contributed by atoms with van der Waals surface area (Å²) in [6, 6.07) is 8.63. The lowest BCUT2D eigenvalue weighted by atomic mass is 10.1. The predicted octanol–water partition coefficient (Wildman–Crippen LogP) is 3.17. The molecule has 0 bridgehead atoms. The highest BCUT2D eigenvalue weighted by Gasteiger charge is 2.15. The molecule has 0 atom stereocenters. The lowest BCUT2D eigenvalue weighted by Gasteiger charge is -2.26. The van der Waals surface area contributed by atoms with E-state index in [2.05, 4.69) is 48.8 Å². The van der Waals surface area contributed by atoms with Crippen LogP contribution in [0, 0.1) is 0 Å². The highest BCUT2D eigenvalue weighted by atomic mass is 28.4. The van der Waals surface area contributed by atoms with E-state index in [1.54, 1.807) is 0 Å². The largest absolute Gasteiger partial charge is 0.544 e. The van der Waals surface area contributed by atoms with Crippen LogP contribution in [0.15, 0.2) is 24.3 Å². The van der Waals surface area contributed by atoms with Gasteiger partial charge in [-0.05, 0) is 56.7 Å². The standard InChI is InChI=1S/C16H27NO2Si/c1-20(2,3)19-16-8-6-15(7-9-16)5-4-10-17-11-13-18-14-12-17/h6-9H,4-5,10-14H2,1-3H3. The number of nitrogens with zero attached hydrogens (tertiary/aromatic N) is 1. The summed E-state index contributed by atoms with van der Waals surface area (Å²) in [6.07, 6.45) is 2.36. The number of hydrogen-bond acceptors (Lipinski definition) is 3. The summed E-state index contributed by atoms with van der Waals surface area (Å²) in [5.74, 6) is 1.01. The maximum Gasteiger partial charge on any atom is 0.242 e. The van der Waals surface area contributed by atoms with Gasteiger partial charge in [0.15, 0.2) is 0 Å². The lowest BCUT2D eigenvalue weighted by Crippen LogP contribution is -2.36. The number of benzene rings is 1. The predicted molar refractivity (Wildman–Crippen MR) is 86.0 cm³/mol. The van der Waals surface area contributed by atoms with E-state index in [4.69, 9.17) is 9.16 Å². The second kappa shape index (κ2) is 7.25. The summed E-state index contributed by atoms with van der Waals surface area (Å²) in [7, 11) is -1.48. The maximum absolute atomic E-state index is 5.97. The number of rotatable bonds is 6. The minimum Gasteiger partial charge on any atom is -0.544 e. The molecule has 0 aromatic heterocycles. The molecule has 2 rings (SSSR count). The molecule has 1 aromatic rings. The Morgan fingerprint density at radius 2 is 1.75 bits per heavy atom. The van der Waals surface area contributed by atoms with Crippen molar-refractivity contribution in [3.8, 4) is 5.75 Å². The minimum atomic E-state index is -1.48. The molecule has 0 radical (unpaired) electrons. The Bertz CT molecular complexity index is 394. The first-order valence-corrected chi connectivity index (χ1v) is 11.0. The molecule has 1 aliphatic rings. The zero-order valence-corrected chi connectivity index (χ0v) is 14.0. The average molecular weight is 293 g/mol. The highest BCUT2D eigenvalue weighted by Crippen LogP contribution is 2.17. The SMILES string of the molecule is C[Si](C)(C)Oc1ccc(CCCN2CCOCC2)cc1. The number of hydrogen-bond donors (Lipinski definition) is 0. The fraction of sp³-hybridized carbons (Fsp3) is 0.625. The van der Waals surface area contributed by atoms with Crippen LogP contribution in [-0.2, 0) is 11.2 Å². The summed E-state index contributed by atoms with van der Waals surface area (Å²) in [4.78, 5) is 2.49. The quantitative estimate of drug-likeness (QED) is 0.752. The van der Waals surface area contributed by atoms with Crippen LogP contribution in [0.25, 0.3) is 0 Å². The number of morpholine rings is 1. The first kappa shape index (κ1) is 15.5. The topological polar surface area (TPSA) is 21.7 Å². The van der Waals surface area contributed by atoms with E-state index in [9.17, 15) is 0 Å². The van der Waals surface area contributed by atoms with E-state index in [1.165, 1.54) is 18.5 Å². The Balaban J connectivity index is 1.73. The van der Waals surface area contributed by atoms with Crippen molar-refractivity contribution in [3.63, 3.8) is 0 Å². The summed E-state index contributed by atoms with van der Waals surface area (Å²) >= 11 is 0. The van der Waals surface area contributed by atoms with Crippen molar-refractivity contribution < 1.29 is 9.16 Å². The van der Waals surface area contributed by atoms with Crippen molar-refractivity contribution >= 4 is 8.32 Å². The van der Waals surface area contributed by atoms with Crippen molar-refractivity contribution in [3.05, 3.63) is 29.8 Å². The lowest BCUT2D eigenvalue weighted by molar-refractivity contribution is 0.0374. The van der Waals surface area contributed by atoms with E-state index in [-0.39, 0.29) is 0 Å². The van der Waals surface area contributed by atoms with Gasteiger partial charge in [0.2, 0.25) is 8.32 Å². The molecule has 1 aliphatic heterocycles. The normalized spacial score (nSPS) is 17.1. The second-order valence-corrected chi connectivity index (χ2v) is 10.8. The molecule has 0 saturated carbocycles. The van der Waals surface area contributed by atoms with E-state index in [0.717, 1.165) is 38.5 Å². The Kier molecular flexibility index (Phi) is 5.63. The van der Waals surface area contributed by atoms with Crippen molar-refractivity contribution in [2.45, 2.75) is 32.5 Å². The molecule has 112 valence electrons. The molecule has 1 heterocycles. The van der Waals surface area contributed by atoms with Crippen molar-refractivity contribution in [2.24, 2.45) is 0 Å². The molecule has 0 amide bonds. The Morgan fingerprint density at radius 3 is 2.35 bits per heavy atom. The Labute approximate surface area is 124 Å². The molecule has 0 aliphatic carbocycles. The van der Waals surface area contributed by atoms with E-state index in [1.807, 2.05) is 0 Å². The van der Waals surface area contributed by atoms with Gasteiger partial charge >= 0.3 is 0 Å². The van der Waals surface area contributed by atoms with Crippen molar-refractivity contribution in [1.29, 1.82) is 0 Å². The van der Waals surface area contributed by atoms with Gasteiger partial charge in [0.1, 0.15) is 5.75 Å². The fourth-order valence-electron chi connectivity index (χ4n) is 2.41. The molecule has 1 fully saturated rings. The van der Waals surface area contributed by atoms with Gasteiger partial charge in [-0.25, -0.2) is 0 Å². The molecule has 4 heteroatoms.